The van der Waals surface area contributed by atoms with E-state index in [-0.39, 0.29) is 25.7 Å². The molecular weight excluding hydrogens is 230 g/mol. The quantitative estimate of drug-likeness (QED) is 0.636. The van der Waals surface area contributed by atoms with Crippen molar-refractivity contribution in [1.82, 2.24) is 5.32 Å². The van der Waals surface area contributed by atoms with E-state index in [1.54, 1.807) is 0 Å². The lowest BCUT2D eigenvalue weighted by Gasteiger charge is -2.24. The van der Waals surface area contributed by atoms with Crippen LogP contribution in [0, 0.1) is 5.92 Å². The first-order valence-electron chi connectivity index (χ1n) is 5.49. The first-order chi connectivity index (χ1) is 8.18. The number of carboxylic acid groups (broad SMARTS) is 1. The maximum Gasteiger partial charge on any atom is 0.311 e. The molecule has 2 heterocycles. The van der Waals surface area contributed by atoms with Gasteiger partial charge in [-0.3, -0.25) is 9.59 Å². The van der Waals surface area contributed by atoms with Crippen LogP contribution in [-0.4, -0.2) is 62.2 Å². The van der Waals surface area contributed by atoms with E-state index in [9.17, 15) is 9.59 Å². The van der Waals surface area contributed by atoms with Crippen LogP contribution in [0.2, 0.25) is 0 Å². The van der Waals surface area contributed by atoms with E-state index in [1.807, 2.05) is 0 Å². The molecule has 0 radical (unpaired) electrons. The van der Waals surface area contributed by atoms with Crippen LogP contribution >= 0.6 is 0 Å². The maximum atomic E-state index is 11.8. The van der Waals surface area contributed by atoms with Crippen molar-refractivity contribution in [3.8, 4) is 0 Å². The van der Waals surface area contributed by atoms with Gasteiger partial charge in [0, 0.05) is 0 Å². The van der Waals surface area contributed by atoms with E-state index in [2.05, 4.69) is 5.32 Å². The Balaban J connectivity index is 1.86. The highest BCUT2D eigenvalue weighted by Gasteiger charge is 2.36. The van der Waals surface area contributed by atoms with Gasteiger partial charge in [0.15, 0.2) is 6.10 Å². The molecule has 3 unspecified atom stereocenters. The number of carboxylic acids is 1. The number of amides is 1. The Labute approximate surface area is 98.0 Å². The zero-order valence-electron chi connectivity index (χ0n) is 9.26. The third kappa shape index (κ3) is 2.93. The number of hydrogen-bond donors (Lipinski definition) is 2. The van der Waals surface area contributed by atoms with Crippen LogP contribution in [0.3, 0.4) is 0 Å². The molecule has 17 heavy (non-hydrogen) atoms. The molecule has 2 rings (SSSR count). The fraction of sp³-hybridized carbons (Fsp3) is 0.800. The van der Waals surface area contributed by atoms with Gasteiger partial charge in [-0.15, -0.1) is 0 Å². The van der Waals surface area contributed by atoms with Crippen molar-refractivity contribution in [2.45, 2.75) is 12.1 Å². The van der Waals surface area contributed by atoms with E-state index in [1.165, 1.54) is 0 Å². The minimum atomic E-state index is -0.964. The van der Waals surface area contributed by atoms with E-state index < -0.39 is 24.0 Å². The molecule has 7 nitrogen and oxygen atoms in total. The zero-order chi connectivity index (χ0) is 12.3. The van der Waals surface area contributed by atoms with E-state index in [0.29, 0.717) is 13.2 Å². The van der Waals surface area contributed by atoms with Crippen LogP contribution in [0.1, 0.15) is 0 Å². The molecule has 0 aromatic carbocycles. The van der Waals surface area contributed by atoms with Crippen molar-refractivity contribution in [2.24, 2.45) is 5.92 Å². The van der Waals surface area contributed by atoms with Gasteiger partial charge in [-0.05, 0) is 0 Å². The minimum absolute atomic E-state index is 0.127. The number of ether oxygens (including phenoxy) is 3. The first kappa shape index (κ1) is 12.3. The van der Waals surface area contributed by atoms with Crippen molar-refractivity contribution in [1.29, 1.82) is 0 Å². The van der Waals surface area contributed by atoms with Gasteiger partial charge in [-0.25, -0.2) is 0 Å². The topological polar surface area (TPSA) is 94.1 Å². The molecule has 3 atom stereocenters. The molecule has 96 valence electrons. The second kappa shape index (κ2) is 5.44. The van der Waals surface area contributed by atoms with Gasteiger partial charge in [0.2, 0.25) is 0 Å². The Morgan fingerprint density at radius 2 is 1.94 bits per heavy atom. The normalized spacial score (nSPS) is 33.3. The number of aliphatic carboxylic acids is 1. The Kier molecular flexibility index (Phi) is 3.93. The summed E-state index contributed by atoms with van der Waals surface area (Å²) in [5.74, 6) is -2.00. The molecule has 7 heteroatoms. The second-order valence-corrected chi connectivity index (χ2v) is 4.03. The molecule has 2 N–H and O–H groups in total. The average molecular weight is 245 g/mol. The lowest BCUT2D eigenvalue weighted by molar-refractivity contribution is -0.149. The van der Waals surface area contributed by atoms with E-state index in [4.69, 9.17) is 19.3 Å². The standard InChI is InChI=1S/C10H15NO6/c12-9(8-5-15-1-2-17-8)11-7-4-16-3-6(7)10(13)14/h6-8H,1-5H2,(H,11,12)(H,13,14). The fourth-order valence-electron chi connectivity index (χ4n) is 1.85. The molecule has 0 spiro atoms. The minimum Gasteiger partial charge on any atom is -0.481 e. The van der Waals surface area contributed by atoms with Gasteiger partial charge in [-0.2, -0.15) is 0 Å². The molecule has 2 fully saturated rings. The fourth-order valence-corrected chi connectivity index (χ4v) is 1.85. The number of rotatable bonds is 3. The van der Waals surface area contributed by atoms with Crippen molar-refractivity contribution in [3.63, 3.8) is 0 Å². The second-order valence-electron chi connectivity index (χ2n) is 4.03. The zero-order valence-corrected chi connectivity index (χ0v) is 9.26. The van der Waals surface area contributed by atoms with Gasteiger partial charge >= 0.3 is 5.97 Å². The van der Waals surface area contributed by atoms with Crippen molar-refractivity contribution in [2.75, 3.05) is 33.0 Å². The summed E-state index contributed by atoms with van der Waals surface area (Å²) in [6, 6.07) is -0.495. The summed E-state index contributed by atoms with van der Waals surface area (Å²) in [5.41, 5.74) is 0. The van der Waals surface area contributed by atoms with E-state index >= 15 is 0 Å². The lowest BCUT2D eigenvalue weighted by Crippen LogP contribution is -2.50. The predicted molar refractivity (Wildman–Crippen MR) is 54.4 cm³/mol. The molecule has 2 aliphatic heterocycles. The summed E-state index contributed by atoms with van der Waals surface area (Å²) in [6.45, 7) is 1.41. The Bertz CT molecular complexity index is 301. The van der Waals surface area contributed by atoms with Gasteiger partial charge in [0.05, 0.1) is 39.1 Å². The first-order valence-corrected chi connectivity index (χ1v) is 5.49. The average Bonchev–Trinajstić information content (AvgIpc) is 2.78. The van der Waals surface area contributed by atoms with Crippen LogP contribution in [0.15, 0.2) is 0 Å². The smallest absolute Gasteiger partial charge is 0.311 e. The molecular formula is C10H15NO6. The summed E-state index contributed by atoms with van der Waals surface area (Å²) >= 11 is 0. The molecule has 0 aromatic rings. The Morgan fingerprint density at radius 3 is 2.59 bits per heavy atom. The van der Waals surface area contributed by atoms with E-state index in [0.717, 1.165) is 0 Å². The molecule has 0 bridgehead atoms. The predicted octanol–water partition coefficient (Wildman–Crippen LogP) is -1.38. The van der Waals surface area contributed by atoms with Crippen LogP contribution < -0.4 is 5.32 Å². The van der Waals surface area contributed by atoms with Gasteiger partial charge in [-0.1, -0.05) is 0 Å². The molecule has 2 aliphatic rings. The monoisotopic (exact) mass is 245 g/mol. The van der Waals surface area contributed by atoms with Crippen LogP contribution in [0.25, 0.3) is 0 Å². The maximum absolute atomic E-state index is 11.8. The van der Waals surface area contributed by atoms with Crippen LogP contribution in [0.5, 0.6) is 0 Å². The summed E-state index contributed by atoms with van der Waals surface area (Å²) in [7, 11) is 0. The molecule has 0 saturated carbocycles. The summed E-state index contributed by atoms with van der Waals surface area (Å²) < 4.78 is 15.4. The molecule has 2 saturated heterocycles. The highest BCUT2D eigenvalue weighted by atomic mass is 16.6. The number of nitrogens with one attached hydrogen (secondary N) is 1. The third-order valence-corrected chi connectivity index (χ3v) is 2.83. The number of carbonyl (C=O) groups is 2. The lowest BCUT2D eigenvalue weighted by atomic mass is 10.0. The van der Waals surface area contributed by atoms with Gasteiger partial charge in [0.25, 0.3) is 5.91 Å². The molecule has 0 aromatic heterocycles. The van der Waals surface area contributed by atoms with Crippen LogP contribution in [0.4, 0.5) is 0 Å². The van der Waals surface area contributed by atoms with Crippen molar-refractivity contribution >= 4 is 11.9 Å². The summed E-state index contributed by atoms with van der Waals surface area (Å²) in [4.78, 5) is 22.6. The van der Waals surface area contributed by atoms with Gasteiger partial charge < -0.3 is 24.6 Å². The Morgan fingerprint density at radius 1 is 1.12 bits per heavy atom. The highest BCUT2D eigenvalue weighted by molar-refractivity contribution is 5.82. The largest absolute Gasteiger partial charge is 0.481 e. The summed E-state index contributed by atoms with van der Waals surface area (Å²) in [5, 5.41) is 11.5. The number of carbonyl (C=O) groups excluding carboxylic acids is 1. The summed E-state index contributed by atoms with van der Waals surface area (Å²) in [6.07, 6.45) is -0.654. The molecule has 1 amide bonds. The van der Waals surface area contributed by atoms with Gasteiger partial charge in [0.1, 0.15) is 5.92 Å². The Hall–Kier alpha value is -1.18. The van der Waals surface area contributed by atoms with Crippen LogP contribution in [-0.2, 0) is 23.8 Å². The number of hydrogen-bond acceptors (Lipinski definition) is 5. The third-order valence-electron chi connectivity index (χ3n) is 2.83. The molecule has 0 aliphatic carbocycles. The van der Waals surface area contributed by atoms with Crippen molar-refractivity contribution < 1.29 is 28.9 Å². The van der Waals surface area contributed by atoms with Crippen molar-refractivity contribution in [3.05, 3.63) is 0 Å². The highest BCUT2D eigenvalue weighted by Crippen LogP contribution is 2.14. The SMILES string of the molecule is O=C(NC1COCC1C(=O)O)C1COCCO1.